The number of aromatic amines is 1. The third-order valence-electron chi connectivity index (χ3n) is 2.38. The van der Waals surface area contributed by atoms with Crippen LogP contribution in [0.25, 0.3) is 0 Å². The van der Waals surface area contributed by atoms with Crippen LogP contribution in [0.15, 0.2) is 48.7 Å². The van der Waals surface area contributed by atoms with Gasteiger partial charge in [-0.15, -0.1) is 0 Å². The van der Waals surface area contributed by atoms with Crippen molar-refractivity contribution in [1.29, 1.82) is 0 Å². The minimum atomic E-state index is -0.0212. The molecule has 0 radical (unpaired) electrons. The lowest BCUT2D eigenvalue weighted by molar-refractivity contribution is 0.0954. The summed E-state index contributed by atoms with van der Waals surface area (Å²) in [6.07, 6.45) is 2.71. The van der Waals surface area contributed by atoms with Crippen molar-refractivity contribution in [3.05, 3.63) is 59.9 Å². The van der Waals surface area contributed by atoms with Gasteiger partial charge in [-0.05, 0) is 24.3 Å². The highest BCUT2D eigenvalue weighted by atomic mass is 16.1. The highest BCUT2D eigenvalue weighted by Gasteiger charge is 2.02. The second-order valence-electron chi connectivity index (χ2n) is 3.57. The zero-order valence-corrected chi connectivity index (χ0v) is 8.94. The fourth-order valence-electron chi connectivity index (χ4n) is 1.53. The normalized spacial score (nSPS) is 10.0. The van der Waals surface area contributed by atoms with Crippen LogP contribution in [0.2, 0.25) is 0 Å². The molecule has 2 rings (SSSR count). The zero-order valence-electron chi connectivity index (χ0n) is 8.94. The minimum absolute atomic E-state index is 0.0212. The van der Waals surface area contributed by atoms with Crippen LogP contribution in [-0.4, -0.2) is 17.4 Å². The molecular weight excluding hydrogens is 200 g/mol. The largest absolute Gasteiger partial charge is 0.365 e. The first kappa shape index (κ1) is 10.5. The Balaban J connectivity index is 1.81. The molecule has 0 atom stereocenters. The fraction of sp³-hybridized carbons (Fsp3) is 0.154. The quantitative estimate of drug-likeness (QED) is 0.803. The van der Waals surface area contributed by atoms with E-state index in [1.165, 1.54) is 0 Å². The van der Waals surface area contributed by atoms with Crippen molar-refractivity contribution >= 4 is 5.91 Å². The molecule has 0 saturated heterocycles. The van der Waals surface area contributed by atoms with Crippen LogP contribution in [0, 0.1) is 0 Å². The third kappa shape index (κ3) is 2.73. The highest BCUT2D eigenvalue weighted by molar-refractivity contribution is 5.94. The van der Waals surface area contributed by atoms with E-state index in [0.717, 1.165) is 12.1 Å². The van der Waals surface area contributed by atoms with E-state index in [-0.39, 0.29) is 5.91 Å². The Bertz CT molecular complexity index is 434. The predicted molar refractivity (Wildman–Crippen MR) is 63.3 cm³/mol. The average molecular weight is 214 g/mol. The Hall–Kier alpha value is -2.03. The first-order valence-corrected chi connectivity index (χ1v) is 5.32. The van der Waals surface area contributed by atoms with Crippen molar-refractivity contribution < 1.29 is 4.79 Å². The lowest BCUT2D eigenvalue weighted by Gasteiger charge is -2.03. The van der Waals surface area contributed by atoms with E-state index in [2.05, 4.69) is 10.3 Å². The van der Waals surface area contributed by atoms with Crippen molar-refractivity contribution in [2.45, 2.75) is 6.42 Å². The van der Waals surface area contributed by atoms with Crippen LogP contribution in [0.5, 0.6) is 0 Å². The zero-order chi connectivity index (χ0) is 11.2. The maximum absolute atomic E-state index is 11.7. The monoisotopic (exact) mass is 214 g/mol. The Morgan fingerprint density at radius 2 is 1.94 bits per heavy atom. The molecule has 0 aliphatic rings. The van der Waals surface area contributed by atoms with E-state index in [4.69, 9.17) is 0 Å². The molecule has 3 heteroatoms. The van der Waals surface area contributed by atoms with E-state index in [1.54, 1.807) is 0 Å². The number of hydrogen-bond donors (Lipinski definition) is 2. The van der Waals surface area contributed by atoms with Crippen LogP contribution < -0.4 is 5.32 Å². The third-order valence-corrected chi connectivity index (χ3v) is 2.38. The molecule has 82 valence electrons. The fourth-order valence-corrected chi connectivity index (χ4v) is 1.53. The van der Waals surface area contributed by atoms with E-state index < -0.39 is 0 Å². The summed E-state index contributed by atoms with van der Waals surface area (Å²) in [5.74, 6) is -0.0212. The van der Waals surface area contributed by atoms with E-state index in [1.807, 2.05) is 48.7 Å². The Morgan fingerprint density at radius 3 is 2.62 bits per heavy atom. The van der Waals surface area contributed by atoms with Gasteiger partial charge in [0, 0.05) is 30.4 Å². The van der Waals surface area contributed by atoms with Crippen LogP contribution >= 0.6 is 0 Å². The first-order chi connectivity index (χ1) is 7.86. The van der Waals surface area contributed by atoms with Gasteiger partial charge in [0.05, 0.1) is 0 Å². The number of carbonyl (C=O) groups is 1. The summed E-state index contributed by atoms with van der Waals surface area (Å²) < 4.78 is 0. The number of carbonyl (C=O) groups excluding carboxylic acids is 1. The minimum Gasteiger partial charge on any atom is -0.365 e. The van der Waals surface area contributed by atoms with Gasteiger partial charge in [-0.2, -0.15) is 0 Å². The van der Waals surface area contributed by atoms with Crippen molar-refractivity contribution in [3.8, 4) is 0 Å². The van der Waals surface area contributed by atoms with Gasteiger partial charge in [0.1, 0.15) is 0 Å². The summed E-state index contributed by atoms with van der Waals surface area (Å²) >= 11 is 0. The average Bonchev–Trinajstić information content (AvgIpc) is 2.83. The smallest absolute Gasteiger partial charge is 0.251 e. The predicted octanol–water partition coefficient (Wildman–Crippen LogP) is 1.99. The second-order valence-corrected chi connectivity index (χ2v) is 3.57. The maximum Gasteiger partial charge on any atom is 0.251 e. The molecule has 0 unspecified atom stereocenters. The number of hydrogen-bond acceptors (Lipinski definition) is 1. The number of rotatable bonds is 4. The molecule has 1 aromatic carbocycles. The maximum atomic E-state index is 11.7. The van der Waals surface area contributed by atoms with Gasteiger partial charge in [0.25, 0.3) is 5.91 Å². The van der Waals surface area contributed by atoms with Gasteiger partial charge < -0.3 is 10.3 Å². The Labute approximate surface area is 94.5 Å². The summed E-state index contributed by atoms with van der Waals surface area (Å²) in [7, 11) is 0. The molecule has 0 aliphatic heterocycles. The topological polar surface area (TPSA) is 44.9 Å². The van der Waals surface area contributed by atoms with E-state index in [0.29, 0.717) is 12.1 Å². The molecule has 1 amide bonds. The Morgan fingerprint density at radius 1 is 1.12 bits per heavy atom. The van der Waals surface area contributed by atoms with Gasteiger partial charge in [-0.1, -0.05) is 18.2 Å². The number of benzene rings is 1. The van der Waals surface area contributed by atoms with Gasteiger partial charge in [-0.25, -0.2) is 0 Å². The summed E-state index contributed by atoms with van der Waals surface area (Å²) in [5, 5.41) is 2.88. The number of amides is 1. The molecule has 2 aromatic rings. The number of H-pyrrole nitrogens is 1. The van der Waals surface area contributed by atoms with Gasteiger partial charge in [-0.3, -0.25) is 4.79 Å². The molecule has 1 heterocycles. The SMILES string of the molecule is O=C(NCCc1ccc[nH]1)c1ccccc1. The molecule has 0 fully saturated rings. The molecular formula is C13H14N2O. The Kier molecular flexibility index (Phi) is 3.38. The lowest BCUT2D eigenvalue weighted by Crippen LogP contribution is -2.25. The van der Waals surface area contributed by atoms with Gasteiger partial charge >= 0.3 is 0 Å². The first-order valence-electron chi connectivity index (χ1n) is 5.32. The molecule has 3 nitrogen and oxygen atoms in total. The van der Waals surface area contributed by atoms with Crippen LogP contribution in [0.4, 0.5) is 0 Å². The van der Waals surface area contributed by atoms with E-state index in [9.17, 15) is 4.79 Å². The lowest BCUT2D eigenvalue weighted by atomic mass is 10.2. The van der Waals surface area contributed by atoms with Crippen molar-refractivity contribution in [2.75, 3.05) is 6.54 Å². The number of nitrogens with one attached hydrogen (secondary N) is 2. The van der Waals surface area contributed by atoms with Crippen molar-refractivity contribution in [2.24, 2.45) is 0 Å². The summed E-state index contributed by atoms with van der Waals surface area (Å²) in [5.41, 5.74) is 1.84. The molecule has 0 spiro atoms. The van der Waals surface area contributed by atoms with Gasteiger partial charge in [0.15, 0.2) is 0 Å². The standard InChI is InChI=1S/C13H14N2O/c16-13(11-5-2-1-3-6-11)15-10-8-12-7-4-9-14-12/h1-7,9,14H,8,10H2,(H,15,16). The molecule has 1 aromatic heterocycles. The van der Waals surface area contributed by atoms with Crippen molar-refractivity contribution in [3.63, 3.8) is 0 Å². The summed E-state index contributed by atoms with van der Waals surface area (Å²) in [4.78, 5) is 14.8. The van der Waals surface area contributed by atoms with Crippen LogP contribution in [0.1, 0.15) is 16.1 Å². The molecule has 0 saturated carbocycles. The highest BCUT2D eigenvalue weighted by Crippen LogP contribution is 1.98. The van der Waals surface area contributed by atoms with Crippen LogP contribution in [-0.2, 0) is 6.42 Å². The molecule has 0 bridgehead atoms. The number of aromatic nitrogens is 1. The molecule has 16 heavy (non-hydrogen) atoms. The summed E-state index contributed by atoms with van der Waals surface area (Å²) in [6, 6.07) is 13.2. The molecule has 0 aliphatic carbocycles. The van der Waals surface area contributed by atoms with Crippen LogP contribution in [0.3, 0.4) is 0 Å². The van der Waals surface area contributed by atoms with Gasteiger partial charge in [0.2, 0.25) is 0 Å². The summed E-state index contributed by atoms with van der Waals surface area (Å²) in [6.45, 7) is 0.647. The second kappa shape index (κ2) is 5.16. The van der Waals surface area contributed by atoms with Crippen molar-refractivity contribution in [1.82, 2.24) is 10.3 Å². The molecule has 2 N–H and O–H groups in total. The van der Waals surface area contributed by atoms with E-state index >= 15 is 0 Å².